The van der Waals surface area contributed by atoms with Gasteiger partial charge in [0, 0.05) is 31.3 Å². The fourth-order valence-corrected chi connectivity index (χ4v) is 3.26. The molecule has 1 atom stereocenters. The minimum atomic E-state index is -3.39. The molecule has 0 aliphatic carbocycles. The normalized spacial score (nSPS) is 17.3. The number of methoxy groups -OCH3 is 2. The number of amides is 2. The van der Waals surface area contributed by atoms with Gasteiger partial charge in [0.05, 0.1) is 25.9 Å². The predicted molar refractivity (Wildman–Crippen MR) is 95.9 cm³/mol. The van der Waals surface area contributed by atoms with E-state index < -0.39 is 15.9 Å². The number of sulfonamides is 1. The summed E-state index contributed by atoms with van der Waals surface area (Å²) >= 11 is 0. The van der Waals surface area contributed by atoms with Crippen LogP contribution in [0.3, 0.4) is 0 Å². The van der Waals surface area contributed by atoms with Crippen molar-refractivity contribution in [1.29, 1.82) is 0 Å². The maximum atomic E-state index is 12.3. The molecule has 144 valence electrons. The maximum Gasteiger partial charge on any atom is 0.227 e. The van der Waals surface area contributed by atoms with Crippen molar-refractivity contribution in [3.63, 3.8) is 0 Å². The van der Waals surface area contributed by atoms with Crippen LogP contribution in [0.5, 0.6) is 11.5 Å². The molecule has 2 N–H and O–H groups in total. The molecule has 0 spiro atoms. The summed E-state index contributed by atoms with van der Waals surface area (Å²) in [7, 11) is 0.952. The van der Waals surface area contributed by atoms with Gasteiger partial charge in [0.15, 0.2) is 11.5 Å². The van der Waals surface area contributed by atoms with E-state index in [-0.39, 0.29) is 37.1 Å². The molecular formula is C16H23N3O6S. The summed E-state index contributed by atoms with van der Waals surface area (Å²) in [5.74, 6) is -0.235. The second kappa shape index (κ2) is 8.37. The summed E-state index contributed by atoms with van der Waals surface area (Å²) in [6, 6.07) is 5.09. The minimum absolute atomic E-state index is 0.0109. The molecule has 0 saturated carbocycles. The Hall–Kier alpha value is -2.33. The van der Waals surface area contributed by atoms with Crippen molar-refractivity contribution in [3.05, 3.63) is 18.2 Å². The lowest BCUT2D eigenvalue weighted by atomic mass is 10.1. The van der Waals surface area contributed by atoms with Gasteiger partial charge in [-0.15, -0.1) is 0 Å². The van der Waals surface area contributed by atoms with Gasteiger partial charge >= 0.3 is 0 Å². The molecule has 1 heterocycles. The first kappa shape index (κ1) is 20.0. The summed E-state index contributed by atoms with van der Waals surface area (Å²) < 4.78 is 35.3. The van der Waals surface area contributed by atoms with Crippen LogP contribution < -0.4 is 24.4 Å². The van der Waals surface area contributed by atoms with Gasteiger partial charge in [-0.05, 0) is 19.2 Å². The van der Waals surface area contributed by atoms with E-state index in [9.17, 15) is 18.0 Å². The monoisotopic (exact) mass is 385 g/mol. The number of benzene rings is 1. The smallest absolute Gasteiger partial charge is 0.227 e. The Labute approximate surface area is 152 Å². The van der Waals surface area contributed by atoms with E-state index >= 15 is 0 Å². The molecular weight excluding hydrogens is 362 g/mol. The third-order valence-electron chi connectivity index (χ3n) is 4.16. The van der Waals surface area contributed by atoms with Crippen LogP contribution in [0, 0.1) is 5.92 Å². The van der Waals surface area contributed by atoms with Crippen molar-refractivity contribution in [2.24, 2.45) is 5.92 Å². The summed E-state index contributed by atoms with van der Waals surface area (Å²) in [6.45, 7) is 0.210. The number of rotatable bonds is 8. The Morgan fingerprint density at radius 1 is 1.27 bits per heavy atom. The van der Waals surface area contributed by atoms with Gasteiger partial charge in [-0.2, -0.15) is 0 Å². The van der Waals surface area contributed by atoms with E-state index in [0.29, 0.717) is 17.2 Å². The first-order valence-corrected chi connectivity index (χ1v) is 9.68. The highest BCUT2D eigenvalue weighted by Gasteiger charge is 2.35. The molecule has 1 aliphatic rings. The van der Waals surface area contributed by atoms with Crippen molar-refractivity contribution >= 4 is 27.5 Å². The number of nitrogens with one attached hydrogen (secondary N) is 2. The molecule has 1 aromatic carbocycles. The Kier molecular flexibility index (Phi) is 6.43. The summed E-state index contributed by atoms with van der Waals surface area (Å²) in [4.78, 5) is 26.0. The van der Waals surface area contributed by atoms with Crippen LogP contribution in [0.2, 0.25) is 0 Å². The molecule has 10 heteroatoms. The number of ether oxygens (including phenoxy) is 2. The zero-order chi connectivity index (χ0) is 19.3. The molecule has 0 bridgehead atoms. The fraction of sp³-hybridized carbons (Fsp3) is 0.500. The third-order valence-corrected chi connectivity index (χ3v) is 5.52. The number of carbonyl (C=O) groups excluding carboxylic acids is 2. The van der Waals surface area contributed by atoms with Gasteiger partial charge in [0.1, 0.15) is 0 Å². The first-order valence-electron chi connectivity index (χ1n) is 8.02. The standard InChI is InChI=1S/C16H23N3O6S/c1-17-26(22,23)7-6-18-16(21)11-8-15(20)19(10-11)12-4-5-13(24-2)14(9-12)25-3/h4-5,9,11,17H,6-8,10H2,1-3H3,(H,18,21). The second-order valence-corrected chi connectivity index (χ2v) is 7.80. The number of carbonyl (C=O) groups is 2. The van der Waals surface area contributed by atoms with E-state index in [2.05, 4.69) is 10.0 Å². The minimum Gasteiger partial charge on any atom is -0.493 e. The maximum absolute atomic E-state index is 12.3. The molecule has 0 aromatic heterocycles. The van der Waals surface area contributed by atoms with Gasteiger partial charge in [-0.3, -0.25) is 9.59 Å². The Morgan fingerprint density at radius 2 is 1.96 bits per heavy atom. The molecule has 1 saturated heterocycles. The first-order chi connectivity index (χ1) is 12.3. The average Bonchev–Trinajstić information content (AvgIpc) is 3.02. The Morgan fingerprint density at radius 3 is 2.58 bits per heavy atom. The van der Waals surface area contributed by atoms with Gasteiger partial charge in [-0.1, -0.05) is 0 Å². The zero-order valence-electron chi connectivity index (χ0n) is 14.9. The molecule has 1 aromatic rings. The number of hydrogen-bond donors (Lipinski definition) is 2. The van der Waals surface area contributed by atoms with Crippen molar-refractivity contribution in [2.75, 3.05) is 45.0 Å². The van der Waals surface area contributed by atoms with E-state index in [0.717, 1.165) is 0 Å². The highest BCUT2D eigenvalue weighted by atomic mass is 32.2. The summed E-state index contributed by atoms with van der Waals surface area (Å²) in [5, 5.41) is 2.57. The average molecular weight is 385 g/mol. The van der Waals surface area contributed by atoms with E-state index in [4.69, 9.17) is 9.47 Å². The van der Waals surface area contributed by atoms with Crippen molar-refractivity contribution in [2.45, 2.75) is 6.42 Å². The number of anilines is 1. The third kappa shape index (κ3) is 4.64. The largest absolute Gasteiger partial charge is 0.493 e. The number of hydrogen-bond acceptors (Lipinski definition) is 6. The van der Waals surface area contributed by atoms with E-state index in [1.54, 1.807) is 18.2 Å². The molecule has 0 radical (unpaired) electrons. The molecule has 1 unspecified atom stereocenters. The lowest BCUT2D eigenvalue weighted by Crippen LogP contribution is -2.37. The quantitative estimate of drug-likeness (QED) is 0.636. The summed E-state index contributed by atoms with van der Waals surface area (Å²) in [5.41, 5.74) is 0.612. The lowest BCUT2D eigenvalue weighted by molar-refractivity contribution is -0.126. The molecule has 2 rings (SSSR count). The van der Waals surface area contributed by atoms with Crippen LogP contribution in [0.15, 0.2) is 18.2 Å². The van der Waals surface area contributed by atoms with Crippen LogP contribution in [0.4, 0.5) is 5.69 Å². The highest BCUT2D eigenvalue weighted by Crippen LogP contribution is 2.34. The van der Waals surface area contributed by atoms with Crippen molar-refractivity contribution in [3.8, 4) is 11.5 Å². The second-order valence-electron chi connectivity index (χ2n) is 5.76. The zero-order valence-corrected chi connectivity index (χ0v) is 15.8. The highest BCUT2D eigenvalue weighted by molar-refractivity contribution is 7.89. The van der Waals surface area contributed by atoms with Crippen LogP contribution >= 0.6 is 0 Å². The van der Waals surface area contributed by atoms with Crippen LogP contribution in [0.25, 0.3) is 0 Å². The van der Waals surface area contributed by atoms with Crippen LogP contribution in [0.1, 0.15) is 6.42 Å². The summed E-state index contributed by atoms with van der Waals surface area (Å²) in [6.07, 6.45) is 0.0684. The Bertz CT molecular complexity index is 780. The lowest BCUT2D eigenvalue weighted by Gasteiger charge is -2.18. The topological polar surface area (TPSA) is 114 Å². The fourth-order valence-electron chi connectivity index (χ4n) is 2.68. The molecule has 1 fully saturated rings. The predicted octanol–water partition coefficient (Wildman–Crippen LogP) is -0.278. The van der Waals surface area contributed by atoms with Crippen molar-refractivity contribution < 1.29 is 27.5 Å². The molecule has 2 amide bonds. The van der Waals surface area contributed by atoms with Gasteiger partial charge in [0.25, 0.3) is 0 Å². The molecule has 9 nitrogen and oxygen atoms in total. The van der Waals surface area contributed by atoms with Crippen molar-refractivity contribution in [1.82, 2.24) is 10.0 Å². The van der Waals surface area contributed by atoms with Crippen LogP contribution in [-0.4, -0.2) is 60.3 Å². The molecule has 1 aliphatic heterocycles. The van der Waals surface area contributed by atoms with Gasteiger partial charge < -0.3 is 19.7 Å². The molecule has 26 heavy (non-hydrogen) atoms. The van der Waals surface area contributed by atoms with Gasteiger partial charge in [-0.25, -0.2) is 13.1 Å². The van der Waals surface area contributed by atoms with E-state index in [1.807, 2.05) is 0 Å². The number of nitrogens with zero attached hydrogens (tertiary/aromatic N) is 1. The Balaban J connectivity index is 2.01. The van der Waals surface area contributed by atoms with E-state index in [1.165, 1.54) is 26.2 Å². The SMILES string of the molecule is CNS(=O)(=O)CCNC(=O)C1CC(=O)N(c2ccc(OC)c(OC)c2)C1. The van der Waals surface area contributed by atoms with Crippen LogP contribution in [-0.2, 0) is 19.6 Å². The van der Waals surface area contributed by atoms with Gasteiger partial charge in [0.2, 0.25) is 21.8 Å².